The minimum atomic E-state index is -0.701. The summed E-state index contributed by atoms with van der Waals surface area (Å²) >= 11 is 0. The summed E-state index contributed by atoms with van der Waals surface area (Å²) in [6.45, 7) is 9.83. The summed E-state index contributed by atoms with van der Waals surface area (Å²) in [7, 11) is -0.701. The van der Waals surface area contributed by atoms with E-state index in [-0.39, 0.29) is 10.1 Å². The van der Waals surface area contributed by atoms with Crippen LogP contribution in [0, 0.1) is 0 Å². The summed E-state index contributed by atoms with van der Waals surface area (Å²) < 4.78 is 0. The van der Waals surface area contributed by atoms with Crippen LogP contribution in [0.25, 0.3) is 0 Å². The molecule has 0 N–H and O–H groups in total. The molecule has 4 unspecified atom stereocenters. The first-order chi connectivity index (χ1) is 17.9. The van der Waals surface area contributed by atoms with Crippen LogP contribution in [-0.4, -0.2) is 9.52 Å². The van der Waals surface area contributed by atoms with E-state index in [9.17, 15) is 0 Å². The smallest absolute Gasteiger partial charge is 0.0544 e. The maximum absolute atomic E-state index is 2.54. The average Bonchev–Trinajstić information content (AvgIpc) is 3.12. The highest BCUT2D eigenvalue weighted by atomic mass is 28.2. The zero-order valence-corrected chi connectivity index (χ0v) is 23.8. The first-order valence-corrected chi connectivity index (χ1v) is 15.0. The molecule has 0 saturated carbocycles. The summed E-state index contributed by atoms with van der Waals surface area (Å²) in [4.78, 5) is 0. The molecule has 6 rings (SSSR count). The molecule has 0 radical (unpaired) electrons. The lowest BCUT2D eigenvalue weighted by molar-refractivity contribution is 0.766. The minimum Gasteiger partial charge on any atom is -0.0726 e. The lowest BCUT2D eigenvalue weighted by Crippen LogP contribution is -2.30. The summed E-state index contributed by atoms with van der Waals surface area (Å²) in [5.41, 5.74) is 11.9. The first kappa shape index (κ1) is 23.9. The molecule has 0 nitrogen and oxygen atoms in total. The molecule has 2 aromatic carbocycles. The van der Waals surface area contributed by atoms with Gasteiger partial charge in [0.1, 0.15) is 0 Å². The maximum Gasteiger partial charge on any atom is 0.0544 e. The van der Waals surface area contributed by atoms with Gasteiger partial charge in [-0.15, -0.1) is 0 Å². The van der Waals surface area contributed by atoms with Crippen molar-refractivity contribution in [1.82, 2.24) is 0 Å². The molecule has 0 spiro atoms. The van der Waals surface area contributed by atoms with Crippen LogP contribution < -0.4 is 0 Å². The Morgan fingerprint density at radius 1 is 0.568 bits per heavy atom. The Hall–Kier alpha value is -3.42. The maximum atomic E-state index is 2.54. The quantitative estimate of drug-likeness (QED) is 0.371. The van der Waals surface area contributed by atoms with Crippen LogP contribution in [0.1, 0.15) is 50.7 Å². The molecule has 0 aromatic heterocycles. The second-order valence-electron chi connectivity index (χ2n) is 11.5. The van der Waals surface area contributed by atoms with Crippen molar-refractivity contribution in [3.8, 4) is 0 Å². The Morgan fingerprint density at radius 2 is 0.973 bits per heavy atom. The number of allylic oxidation sites excluding steroid dienone is 16. The van der Waals surface area contributed by atoms with Gasteiger partial charge >= 0.3 is 0 Å². The summed E-state index contributed by atoms with van der Waals surface area (Å²) in [6, 6.07) is 22.0. The Bertz CT molecular complexity index is 1360. The highest BCUT2D eigenvalue weighted by Gasteiger charge is 2.48. The number of rotatable bonds is 4. The van der Waals surface area contributed by atoms with Crippen LogP contribution in [0.4, 0.5) is 0 Å². The Morgan fingerprint density at radius 3 is 1.38 bits per heavy atom. The van der Waals surface area contributed by atoms with Gasteiger partial charge < -0.3 is 0 Å². The van der Waals surface area contributed by atoms with Crippen molar-refractivity contribution in [2.45, 2.75) is 49.6 Å². The van der Waals surface area contributed by atoms with Crippen molar-refractivity contribution < 1.29 is 0 Å². The largest absolute Gasteiger partial charge is 0.0726 e. The van der Waals surface area contributed by atoms with E-state index >= 15 is 0 Å². The molecule has 0 fully saturated rings. The molecule has 2 aromatic rings. The van der Waals surface area contributed by atoms with Crippen molar-refractivity contribution >= 4 is 9.52 Å². The first-order valence-electron chi connectivity index (χ1n) is 13.6. The van der Waals surface area contributed by atoms with Crippen molar-refractivity contribution in [2.75, 3.05) is 0 Å². The summed E-state index contributed by atoms with van der Waals surface area (Å²) in [5.74, 6) is 0.619. The Kier molecular flexibility index (Phi) is 5.92. The fourth-order valence-corrected chi connectivity index (χ4v) is 10.2. The molecule has 0 heterocycles. The molecular formula is C36H36Si. The van der Waals surface area contributed by atoms with Crippen LogP contribution in [0.15, 0.2) is 155 Å². The normalized spacial score (nSPS) is 30.5. The third kappa shape index (κ3) is 3.88. The monoisotopic (exact) mass is 496 g/mol. The lowest BCUT2D eigenvalue weighted by atomic mass is 9.87. The number of hydrogen-bond acceptors (Lipinski definition) is 0. The van der Waals surface area contributed by atoms with E-state index < -0.39 is 9.52 Å². The second-order valence-corrected chi connectivity index (χ2v) is 14.7. The van der Waals surface area contributed by atoms with Gasteiger partial charge in [0.2, 0.25) is 0 Å². The molecule has 0 amide bonds. The zero-order chi connectivity index (χ0) is 25.6. The lowest BCUT2D eigenvalue weighted by Gasteiger charge is -2.40. The van der Waals surface area contributed by atoms with Crippen LogP contribution in [-0.2, 0) is 0 Å². The number of benzene rings is 2. The topological polar surface area (TPSA) is 0 Å². The van der Waals surface area contributed by atoms with Gasteiger partial charge in [-0.2, -0.15) is 0 Å². The van der Waals surface area contributed by atoms with Crippen LogP contribution in [0.2, 0.25) is 10.1 Å². The van der Waals surface area contributed by atoms with E-state index in [1.165, 1.54) is 44.6 Å². The number of hydrogen-bond donors (Lipinski definition) is 0. The van der Waals surface area contributed by atoms with E-state index in [1.54, 1.807) is 0 Å². The molecule has 37 heavy (non-hydrogen) atoms. The SMILES string of the molecule is CC1=CC2=C(C=CC=CC2c2ccccc2)C1(C)[SiH2]C1(C)C(C)=CC2=C1C=CC=CC2c1ccccc1. The van der Waals surface area contributed by atoms with Gasteiger partial charge in [0.05, 0.1) is 9.52 Å². The van der Waals surface area contributed by atoms with Gasteiger partial charge in [0.25, 0.3) is 0 Å². The van der Waals surface area contributed by atoms with Crippen molar-refractivity contribution in [2.24, 2.45) is 0 Å². The fourth-order valence-electron chi connectivity index (χ4n) is 7.02. The van der Waals surface area contributed by atoms with Crippen molar-refractivity contribution in [1.29, 1.82) is 0 Å². The zero-order valence-electron chi connectivity index (χ0n) is 22.4. The average molecular weight is 497 g/mol. The van der Waals surface area contributed by atoms with Gasteiger partial charge in [0, 0.05) is 21.9 Å². The summed E-state index contributed by atoms with van der Waals surface area (Å²) in [6.07, 6.45) is 23.6. The van der Waals surface area contributed by atoms with Gasteiger partial charge in [-0.1, -0.05) is 146 Å². The van der Waals surface area contributed by atoms with Crippen LogP contribution >= 0.6 is 0 Å². The molecule has 184 valence electrons. The van der Waals surface area contributed by atoms with Crippen LogP contribution in [0.3, 0.4) is 0 Å². The van der Waals surface area contributed by atoms with Crippen molar-refractivity contribution in [3.05, 3.63) is 166 Å². The highest BCUT2D eigenvalue weighted by Crippen LogP contribution is 2.62. The molecule has 4 aliphatic rings. The predicted molar refractivity (Wildman–Crippen MR) is 162 cm³/mol. The van der Waals surface area contributed by atoms with Crippen LogP contribution in [0.5, 0.6) is 0 Å². The Labute approximate surface area is 224 Å². The molecule has 4 aliphatic carbocycles. The van der Waals surface area contributed by atoms with Gasteiger partial charge in [-0.3, -0.25) is 0 Å². The van der Waals surface area contributed by atoms with E-state index in [4.69, 9.17) is 0 Å². The third-order valence-electron chi connectivity index (χ3n) is 9.35. The van der Waals surface area contributed by atoms with E-state index in [0.29, 0.717) is 11.8 Å². The Balaban J connectivity index is 1.43. The molecule has 0 saturated heterocycles. The van der Waals surface area contributed by atoms with Gasteiger partial charge in [0.15, 0.2) is 0 Å². The van der Waals surface area contributed by atoms with Gasteiger partial charge in [-0.25, -0.2) is 0 Å². The van der Waals surface area contributed by atoms with Gasteiger partial charge in [-0.05, 0) is 47.3 Å². The molecule has 4 atom stereocenters. The fraction of sp³-hybridized carbons (Fsp3) is 0.222. The third-order valence-corrected chi connectivity index (χ3v) is 12.6. The highest BCUT2D eigenvalue weighted by molar-refractivity contribution is 6.50. The molecule has 0 aliphatic heterocycles. The van der Waals surface area contributed by atoms with E-state index in [2.05, 4.69) is 149 Å². The predicted octanol–water partition coefficient (Wildman–Crippen LogP) is 8.85. The van der Waals surface area contributed by atoms with E-state index in [0.717, 1.165) is 0 Å². The van der Waals surface area contributed by atoms with Crippen molar-refractivity contribution in [3.63, 3.8) is 0 Å². The second kappa shape index (κ2) is 9.15. The molecule has 0 bridgehead atoms. The minimum absolute atomic E-state index is 0.104. The molecular weight excluding hydrogens is 460 g/mol. The standard InChI is InChI=1S/C36H36Si/c1-25-23-31-29(27-15-7-5-8-16-27)19-11-13-21-33(31)35(25,3)37-36(4)26(2)24-32-30(20-12-14-22-34(32)36)28-17-9-6-10-18-28/h5-24,29-30H,37H2,1-4H3. The van der Waals surface area contributed by atoms with E-state index in [1.807, 2.05) is 0 Å². The molecule has 1 heteroatoms. The summed E-state index contributed by atoms with van der Waals surface area (Å²) in [5, 5.41) is 0.208.